The van der Waals surface area contributed by atoms with E-state index < -0.39 is 6.10 Å². The van der Waals surface area contributed by atoms with Gasteiger partial charge in [0.25, 0.3) is 0 Å². The first-order chi connectivity index (χ1) is 5.34. The van der Waals surface area contributed by atoms with Gasteiger partial charge in [0.1, 0.15) is 0 Å². The third kappa shape index (κ3) is 2.48. The lowest BCUT2D eigenvalue weighted by atomic mass is 10.3. The fourth-order valence-electron chi connectivity index (χ4n) is 0.998. The fourth-order valence-corrected chi connectivity index (χ4v) is 0.998. The van der Waals surface area contributed by atoms with Gasteiger partial charge in [0.2, 0.25) is 0 Å². The number of ether oxygens (including phenoxy) is 2. The van der Waals surface area contributed by atoms with E-state index in [1.165, 1.54) is 7.11 Å². The normalized spacial score (nSPS) is 25.7. The summed E-state index contributed by atoms with van der Waals surface area (Å²) < 4.78 is 9.76. The van der Waals surface area contributed by atoms with Crippen molar-refractivity contribution in [2.45, 2.75) is 12.5 Å². The molecule has 1 saturated heterocycles. The van der Waals surface area contributed by atoms with Crippen LogP contribution in [0.15, 0.2) is 0 Å². The molecule has 1 fully saturated rings. The average molecular weight is 159 g/mol. The topological polar surface area (TPSA) is 47.6 Å². The zero-order chi connectivity index (χ0) is 8.10. The first-order valence-corrected chi connectivity index (χ1v) is 3.74. The number of methoxy groups -OCH3 is 1. The molecule has 64 valence electrons. The van der Waals surface area contributed by atoms with Gasteiger partial charge < -0.3 is 14.8 Å². The Morgan fingerprint density at radius 1 is 1.73 bits per heavy atom. The Hall–Kier alpha value is -0.610. The molecule has 0 saturated carbocycles. The number of esters is 1. The summed E-state index contributed by atoms with van der Waals surface area (Å²) in [6.45, 7) is 2.10. The van der Waals surface area contributed by atoms with Gasteiger partial charge in [-0.3, -0.25) is 0 Å². The van der Waals surface area contributed by atoms with E-state index in [9.17, 15) is 4.79 Å². The summed E-state index contributed by atoms with van der Waals surface area (Å²) in [6, 6.07) is 0. The van der Waals surface area contributed by atoms with E-state index in [0.717, 1.165) is 13.0 Å². The molecule has 0 aliphatic carbocycles. The molecule has 1 atom stereocenters. The summed E-state index contributed by atoms with van der Waals surface area (Å²) in [5.41, 5.74) is 0. The Bertz CT molecular complexity index is 130. The number of carbonyl (C=O) groups excluding carboxylic acids is 1. The van der Waals surface area contributed by atoms with Gasteiger partial charge in [0.05, 0.1) is 7.11 Å². The number of hydrogen-bond donors (Lipinski definition) is 1. The van der Waals surface area contributed by atoms with Crippen molar-refractivity contribution in [3.63, 3.8) is 0 Å². The highest BCUT2D eigenvalue weighted by Crippen LogP contribution is 1.98. The largest absolute Gasteiger partial charge is 0.467 e. The summed E-state index contributed by atoms with van der Waals surface area (Å²) in [7, 11) is 1.37. The first-order valence-electron chi connectivity index (χ1n) is 3.74. The molecule has 11 heavy (non-hydrogen) atoms. The highest BCUT2D eigenvalue weighted by atomic mass is 16.6. The maximum absolute atomic E-state index is 10.9. The molecule has 0 unspecified atom stereocenters. The van der Waals surface area contributed by atoms with Crippen LogP contribution in [0.2, 0.25) is 0 Å². The number of nitrogens with one attached hydrogen (secondary N) is 1. The van der Waals surface area contributed by atoms with Crippen molar-refractivity contribution in [3.8, 4) is 0 Å². The molecule has 0 spiro atoms. The van der Waals surface area contributed by atoms with Gasteiger partial charge in [-0.1, -0.05) is 0 Å². The van der Waals surface area contributed by atoms with E-state index in [1.54, 1.807) is 0 Å². The number of carbonyl (C=O) groups is 1. The maximum Gasteiger partial charge on any atom is 0.336 e. The molecule has 0 aromatic carbocycles. The molecule has 1 heterocycles. The smallest absolute Gasteiger partial charge is 0.336 e. The van der Waals surface area contributed by atoms with E-state index in [1.807, 2.05) is 0 Å². The fraction of sp³-hybridized carbons (Fsp3) is 0.857. The van der Waals surface area contributed by atoms with Crippen LogP contribution >= 0.6 is 0 Å². The Morgan fingerprint density at radius 3 is 3.27 bits per heavy atom. The zero-order valence-electron chi connectivity index (χ0n) is 6.63. The summed E-state index contributed by atoms with van der Waals surface area (Å²) in [6.07, 6.45) is 0.538. The van der Waals surface area contributed by atoms with Gasteiger partial charge in [0.15, 0.2) is 6.10 Å². The van der Waals surface area contributed by atoms with Crippen molar-refractivity contribution in [1.29, 1.82) is 0 Å². The first kappa shape index (κ1) is 8.49. The molecule has 0 aromatic heterocycles. The van der Waals surface area contributed by atoms with Gasteiger partial charge in [-0.15, -0.1) is 0 Å². The van der Waals surface area contributed by atoms with Crippen LogP contribution < -0.4 is 5.32 Å². The van der Waals surface area contributed by atoms with E-state index in [4.69, 9.17) is 4.74 Å². The average Bonchev–Trinajstić information content (AvgIpc) is 2.30. The molecule has 4 nitrogen and oxygen atoms in total. The molecule has 0 bridgehead atoms. The minimum Gasteiger partial charge on any atom is -0.467 e. The van der Waals surface area contributed by atoms with E-state index in [2.05, 4.69) is 10.1 Å². The molecule has 1 aliphatic rings. The van der Waals surface area contributed by atoms with Gasteiger partial charge in [-0.05, 0) is 13.0 Å². The van der Waals surface area contributed by atoms with Crippen molar-refractivity contribution in [2.75, 3.05) is 26.8 Å². The van der Waals surface area contributed by atoms with Crippen LogP contribution in [0, 0.1) is 0 Å². The third-order valence-corrected chi connectivity index (χ3v) is 1.61. The molecule has 1 N–H and O–H groups in total. The van der Waals surface area contributed by atoms with Gasteiger partial charge in [-0.2, -0.15) is 0 Å². The van der Waals surface area contributed by atoms with Gasteiger partial charge in [0, 0.05) is 13.2 Å². The van der Waals surface area contributed by atoms with Gasteiger partial charge in [-0.25, -0.2) is 4.79 Å². The molecular formula is C7H13NO3. The lowest BCUT2D eigenvalue weighted by Gasteiger charge is -2.11. The minimum absolute atomic E-state index is 0.292. The standard InChI is InChI=1S/C7H13NO3/c1-10-7(9)6-5-8-3-2-4-11-6/h6,8H,2-5H2,1H3/t6-/m0/s1. The summed E-state index contributed by atoms with van der Waals surface area (Å²) in [5, 5.41) is 3.09. The second-order valence-corrected chi connectivity index (χ2v) is 2.44. The molecule has 0 aromatic rings. The van der Waals surface area contributed by atoms with Crippen LogP contribution in [0.1, 0.15) is 6.42 Å². The van der Waals surface area contributed by atoms with Crippen molar-refractivity contribution in [2.24, 2.45) is 0 Å². The molecule has 1 aliphatic heterocycles. The SMILES string of the molecule is COC(=O)[C@@H]1CNCCCO1. The summed E-state index contributed by atoms with van der Waals surface area (Å²) in [4.78, 5) is 10.9. The highest BCUT2D eigenvalue weighted by molar-refractivity contribution is 5.74. The van der Waals surface area contributed by atoms with E-state index >= 15 is 0 Å². The van der Waals surface area contributed by atoms with E-state index in [-0.39, 0.29) is 5.97 Å². The third-order valence-electron chi connectivity index (χ3n) is 1.61. The Balaban J connectivity index is 2.36. The lowest BCUT2D eigenvalue weighted by Crippen LogP contribution is -2.34. The summed E-state index contributed by atoms with van der Waals surface area (Å²) in [5.74, 6) is -0.292. The van der Waals surface area contributed by atoms with Crippen LogP contribution in [0.25, 0.3) is 0 Å². The Labute approximate surface area is 65.9 Å². The summed E-state index contributed by atoms with van der Waals surface area (Å²) >= 11 is 0. The monoisotopic (exact) mass is 159 g/mol. The second-order valence-electron chi connectivity index (χ2n) is 2.44. The second kappa shape index (κ2) is 4.31. The van der Waals surface area contributed by atoms with Crippen molar-refractivity contribution in [3.05, 3.63) is 0 Å². The van der Waals surface area contributed by atoms with Crippen LogP contribution in [-0.4, -0.2) is 38.9 Å². The highest BCUT2D eigenvalue weighted by Gasteiger charge is 2.20. The molecule has 4 heteroatoms. The van der Waals surface area contributed by atoms with Crippen LogP contribution in [0.5, 0.6) is 0 Å². The maximum atomic E-state index is 10.9. The molecule has 0 radical (unpaired) electrons. The van der Waals surface area contributed by atoms with Gasteiger partial charge >= 0.3 is 5.97 Å². The van der Waals surface area contributed by atoms with Crippen LogP contribution in [0.4, 0.5) is 0 Å². The molecular weight excluding hydrogens is 146 g/mol. The zero-order valence-corrected chi connectivity index (χ0v) is 6.63. The van der Waals surface area contributed by atoms with Crippen LogP contribution in [0.3, 0.4) is 0 Å². The van der Waals surface area contributed by atoms with E-state index in [0.29, 0.717) is 13.2 Å². The molecule has 0 amide bonds. The van der Waals surface area contributed by atoms with Crippen molar-refractivity contribution < 1.29 is 14.3 Å². The number of hydrogen-bond acceptors (Lipinski definition) is 4. The molecule has 1 rings (SSSR count). The predicted octanol–water partition coefficient (Wildman–Crippen LogP) is -0.462. The Morgan fingerprint density at radius 2 is 2.55 bits per heavy atom. The minimum atomic E-state index is -0.414. The van der Waals surface area contributed by atoms with Crippen LogP contribution in [-0.2, 0) is 14.3 Å². The predicted molar refractivity (Wildman–Crippen MR) is 39.2 cm³/mol. The van der Waals surface area contributed by atoms with Crippen molar-refractivity contribution in [1.82, 2.24) is 5.32 Å². The Kier molecular flexibility index (Phi) is 3.32. The lowest BCUT2D eigenvalue weighted by molar-refractivity contribution is -0.153. The van der Waals surface area contributed by atoms with Crippen molar-refractivity contribution >= 4 is 5.97 Å². The number of rotatable bonds is 1. The quantitative estimate of drug-likeness (QED) is 0.526.